The molecule has 2 aromatic rings. The van der Waals surface area contributed by atoms with Crippen LogP contribution in [0.4, 0.5) is 5.82 Å². The van der Waals surface area contributed by atoms with Gasteiger partial charge in [0.25, 0.3) is 0 Å². The second-order valence-corrected chi connectivity index (χ2v) is 4.22. The predicted molar refractivity (Wildman–Crippen MR) is 74.4 cm³/mol. The van der Waals surface area contributed by atoms with Gasteiger partial charge in [-0.05, 0) is 5.56 Å². The van der Waals surface area contributed by atoms with Crippen molar-refractivity contribution in [2.45, 2.75) is 6.61 Å². The van der Waals surface area contributed by atoms with Crippen molar-refractivity contribution < 1.29 is 9.53 Å². The molecule has 0 unspecified atom stereocenters. The highest BCUT2D eigenvalue weighted by atomic mass is 32.1. The molecular weight excluding hydrogens is 264 g/mol. The highest BCUT2D eigenvalue weighted by Crippen LogP contribution is 2.15. The smallest absolute Gasteiger partial charge is 0.357 e. The molecule has 1 heterocycles. The molecule has 0 saturated carbocycles. The quantitative estimate of drug-likeness (QED) is 0.567. The van der Waals surface area contributed by atoms with Crippen LogP contribution in [-0.2, 0) is 11.3 Å². The van der Waals surface area contributed by atoms with Crippen LogP contribution in [0.1, 0.15) is 21.6 Å². The van der Waals surface area contributed by atoms with E-state index in [0.29, 0.717) is 0 Å². The van der Waals surface area contributed by atoms with Gasteiger partial charge in [0.2, 0.25) is 0 Å². The number of nitrogens with one attached hydrogen (secondary N) is 1. The van der Waals surface area contributed by atoms with Gasteiger partial charge in [0.1, 0.15) is 11.6 Å². The van der Waals surface area contributed by atoms with Crippen molar-refractivity contribution in [1.29, 1.82) is 0 Å². The first-order chi connectivity index (χ1) is 9.09. The van der Waals surface area contributed by atoms with Crippen molar-refractivity contribution in [3.8, 4) is 0 Å². The van der Waals surface area contributed by atoms with E-state index in [1.807, 2.05) is 30.3 Å². The number of hydrogen-bond acceptors (Lipinski definition) is 5. The lowest BCUT2D eigenvalue weighted by Gasteiger charge is -2.04. The summed E-state index contributed by atoms with van der Waals surface area (Å²) in [5.41, 5.74) is 12.2. The molecule has 0 bridgehead atoms. The number of aromatic nitrogens is 2. The molecule has 5 N–H and O–H groups in total. The van der Waals surface area contributed by atoms with Crippen LogP contribution in [0.25, 0.3) is 0 Å². The Morgan fingerprint density at radius 3 is 2.68 bits per heavy atom. The summed E-state index contributed by atoms with van der Waals surface area (Å²) in [6.45, 7) is 0.148. The lowest BCUT2D eigenvalue weighted by atomic mass is 10.2. The Bertz CT molecular complexity index is 609. The number of nitrogens with two attached hydrogens (primary N) is 2. The number of hydrogen-bond donors (Lipinski definition) is 3. The highest BCUT2D eigenvalue weighted by Gasteiger charge is 2.20. The number of thiocarbonyl (C=S) groups is 1. The zero-order chi connectivity index (χ0) is 13.8. The van der Waals surface area contributed by atoms with Crippen LogP contribution in [0.15, 0.2) is 30.3 Å². The molecule has 0 aliphatic heterocycles. The maximum absolute atomic E-state index is 11.9. The van der Waals surface area contributed by atoms with Crippen LogP contribution in [0.5, 0.6) is 0 Å². The molecule has 19 heavy (non-hydrogen) atoms. The fourth-order valence-electron chi connectivity index (χ4n) is 1.55. The number of nitrogen functional groups attached to an aromatic ring is 1. The van der Waals surface area contributed by atoms with Crippen molar-refractivity contribution in [2.75, 3.05) is 5.73 Å². The van der Waals surface area contributed by atoms with Gasteiger partial charge in [0, 0.05) is 0 Å². The Morgan fingerprint density at radius 2 is 2.05 bits per heavy atom. The van der Waals surface area contributed by atoms with E-state index in [4.69, 9.17) is 28.4 Å². The molecule has 0 atom stereocenters. The van der Waals surface area contributed by atoms with Gasteiger partial charge in [-0.1, -0.05) is 42.5 Å². The molecule has 0 amide bonds. The van der Waals surface area contributed by atoms with Gasteiger partial charge >= 0.3 is 5.97 Å². The summed E-state index contributed by atoms with van der Waals surface area (Å²) >= 11 is 4.82. The van der Waals surface area contributed by atoms with Crippen molar-refractivity contribution in [3.63, 3.8) is 0 Å². The van der Waals surface area contributed by atoms with Gasteiger partial charge < -0.3 is 16.2 Å². The molecule has 0 fully saturated rings. The number of anilines is 1. The Morgan fingerprint density at radius 1 is 1.37 bits per heavy atom. The standard InChI is InChI=1S/C12H12N4O2S/c13-10-8(11(14)19)9(15-16-10)12(17)18-6-7-4-2-1-3-5-7/h1-5H,6H2,(H2,14,19)(H3,13,15,16). The number of benzene rings is 1. The predicted octanol–water partition coefficient (Wildman–Crippen LogP) is 0.983. The number of ether oxygens (including phenoxy) is 1. The van der Waals surface area contributed by atoms with E-state index in [-0.39, 0.29) is 28.7 Å². The van der Waals surface area contributed by atoms with E-state index >= 15 is 0 Å². The van der Waals surface area contributed by atoms with E-state index in [0.717, 1.165) is 5.56 Å². The largest absolute Gasteiger partial charge is 0.456 e. The number of H-pyrrole nitrogens is 1. The number of nitrogens with zero attached hydrogens (tertiary/aromatic N) is 1. The van der Waals surface area contributed by atoms with E-state index in [1.54, 1.807) is 0 Å². The molecule has 98 valence electrons. The molecule has 2 rings (SSSR count). The first kappa shape index (κ1) is 13.0. The molecule has 0 spiro atoms. The van der Waals surface area contributed by atoms with Gasteiger partial charge in [-0.25, -0.2) is 4.79 Å². The van der Waals surface area contributed by atoms with Crippen molar-refractivity contribution in [2.24, 2.45) is 5.73 Å². The molecule has 6 nitrogen and oxygen atoms in total. The average Bonchev–Trinajstić information content (AvgIpc) is 2.79. The van der Waals surface area contributed by atoms with Crippen LogP contribution in [0, 0.1) is 0 Å². The zero-order valence-corrected chi connectivity index (χ0v) is 10.7. The number of aromatic amines is 1. The summed E-state index contributed by atoms with van der Waals surface area (Å²) in [6, 6.07) is 9.30. The molecule has 0 aliphatic rings. The second kappa shape index (κ2) is 5.49. The molecule has 0 radical (unpaired) electrons. The van der Waals surface area contributed by atoms with Gasteiger partial charge in [-0.3, -0.25) is 5.10 Å². The summed E-state index contributed by atoms with van der Waals surface area (Å²) in [6.07, 6.45) is 0. The van der Waals surface area contributed by atoms with Crippen molar-refractivity contribution in [1.82, 2.24) is 10.2 Å². The normalized spacial score (nSPS) is 10.1. The summed E-state index contributed by atoms with van der Waals surface area (Å²) < 4.78 is 5.14. The minimum atomic E-state index is -0.601. The van der Waals surface area contributed by atoms with Crippen LogP contribution in [0.3, 0.4) is 0 Å². The third kappa shape index (κ3) is 2.89. The Balaban J connectivity index is 2.11. The molecule has 1 aromatic carbocycles. The van der Waals surface area contributed by atoms with Crippen molar-refractivity contribution >= 4 is 29.0 Å². The molecule has 0 aliphatic carbocycles. The number of carbonyl (C=O) groups is 1. The van der Waals surface area contributed by atoms with Gasteiger partial charge in [0.05, 0.1) is 5.56 Å². The second-order valence-electron chi connectivity index (χ2n) is 3.78. The zero-order valence-electron chi connectivity index (χ0n) is 9.92. The molecular formula is C12H12N4O2S. The van der Waals surface area contributed by atoms with E-state index in [1.165, 1.54) is 0 Å². The average molecular weight is 276 g/mol. The first-order valence-electron chi connectivity index (χ1n) is 5.44. The van der Waals surface area contributed by atoms with E-state index < -0.39 is 5.97 Å². The van der Waals surface area contributed by atoms with E-state index in [9.17, 15) is 4.79 Å². The van der Waals surface area contributed by atoms with Crippen LogP contribution in [0.2, 0.25) is 0 Å². The minimum Gasteiger partial charge on any atom is -0.456 e. The Labute approximate surface area is 114 Å². The third-order valence-electron chi connectivity index (χ3n) is 2.46. The summed E-state index contributed by atoms with van der Waals surface area (Å²) in [7, 11) is 0. The maximum atomic E-state index is 11.9. The summed E-state index contributed by atoms with van der Waals surface area (Å²) in [5, 5.41) is 6.17. The maximum Gasteiger partial charge on any atom is 0.357 e. The fourth-order valence-corrected chi connectivity index (χ4v) is 1.76. The summed E-state index contributed by atoms with van der Waals surface area (Å²) in [4.78, 5) is 11.9. The number of carbonyl (C=O) groups excluding carboxylic acids is 1. The van der Waals surface area contributed by atoms with E-state index in [2.05, 4.69) is 10.2 Å². The van der Waals surface area contributed by atoms with Crippen LogP contribution in [-0.4, -0.2) is 21.2 Å². The fraction of sp³-hybridized carbons (Fsp3) is 0.0833. The molecule has 7 heteroatoms. The van der Waals surface area contributed by atoms with Crippen LogP contribution >= 0.6 is 12.2 Å². The van der Waals surface area contributed by atoms with Gasteiger partial charge in [-0.2, -0.15) is 5.10 Å². The lowest BCUT2D eigenvalue weighted by Crippen LogP contribution is -2.17. The molecule has 1 aromatic heterocycles. The SMILES string of the molecule is NC(=S)c1c(N)n[nH]c1C(=O)OCc1ccccc1. The Kier molecular flexibility index (Phi) is 3.76. The van der Waals surface area contributed by atoms with Gasteiger partial charge in [0.15, 0.2) is 11.5 Å². The summed E-state index contributed by atoms with van der Waals surface area (Å²) in [5.74, 6) is -0.519. The minimum absolute atomic E-state index is 0.00193. The lowest BCUT2D eigenvalue weighted by molar-refractivity contribution is 0.0465. The Hall–Kier alpha value is -2.41. The first-order valence-corrected chi connectivity index (χ1v) is 5.85. The molecule has 0 saturated heterocycles. The number of rotatable bonds is 4. The third-order valence-corrected chi connectivity index (χ3v) is 2.66. The van der Waals surface area contributed by atoms with Crippen molar-refractivity contribution in [3.05, 3.63) is 47.2 Å². The topological polar surface area (TPSA) is 107 Å². The highest BCUT2D eigenvalue weighted by molar-refractivity contribution is 7.80. The number of esters is 1. The van der Waals surface area contributed by atoms with Crippen LogP contribution < -0.4 is 11.5 Å². The van der Waals surface area contributed by atoms with Gasteiger partial charge in [-0.15, -0.1) is 0 Å². The monoisotopic (exact) mass is 276 g/mol.